The van der Waals surface area contributed by atoms with Crippen molar-refractivity contribution in [2.75, 3.05) is 11.1 Å². The fourth-order valence-electron chi connectivity index (χ4n) is 4.87. The molecule has 7 heteroatoms. The Kier molecular flexibility index (Phi) is 3.71. The molecule has 6 rings (SSSR count). The van der Waals surface area contributed by atoms with Gasteiger partial charge in [-0.2, -0.15) is 9.97 Å². The van der Waals surface area contributed by atoms with Crippen molar-refractivity contribution in [2.24, 2.45) is 0 Å². The van der Waals surface area contributed by atoms with Crippen molar-refractivity contribution in [1.82, 2.24) is 19.5 Å². The number of fused-ring (bicyclic) bond motifs is 3. The lowest BCUT2D eigenvalue weighted by atomic mass is 9.73. The molecule has 0 aliphatic heterocycles. The molecule has 0 radical (unpaired) electrons. The topological polar surface area (TPSA) is 102 Å². The lowest BCUT2D eigenvalue weighted by Gasteiger charge is -2.38. The molecule has 3 aliphatic carbocycles. The van der Waals surface area contributed by atoms with E-state index in [0.717, 1.165) is 40.8 Å². The summed E-state index contributed by atoms with van der Waals surface area (Å²) in [5.74, 6) is 1.16. The summed E-state index contributed by atoms with van der Waals surface area (Å²) in [5, 5.41) is 14.0. The smallest absolute Gasteiger partial charge is 0.224 e. The molecule has 7 nitrogen and oxygen atoms in total. The number of nitrogen functional groups attached to an aromatic ring is 1. The lowest BCUT2D eigenvalue weighted by molar-refractivity contribution is 0.391. The van der Waals surface area contributed by atoms with Crippen molar-refractivity contribution < 1.29 is 5.11 Å². The van der Waals surface area contributed by atoms with Crippen LogP contribution in [0.1, 0.15) is 37.3 Å². The van der Waals surface area contributed by atoms with Gasteiger partial charge in [-0.3, -0.25) is 0 Å². The molecule has 1 saturated carbocycles. The van der Waals surface area contributed by atoms with E-state index in [4.69, 9.17) is 5.73 Å². The van der Waals surface area contributed by atoms with Crippen LogP contribution in [0.25, 0.3) is 16.7 Å². The fourth-order valence-corrected chi connectivity index (χ4v) is 4.87. The van der Waals surface area contributed by atoms with Crippen molar-refractivity contribution in [2.45, 2.75) is 37.8 Å². The molecule has 30 heavy (non-hydrogen) atoms. The molecular formula is C23H22N6O. The van der Waals surface area contributed by atoms with Crippen LogP contribution in [-0.2, 0) is 0 Å². The minimum atomic E-state index is -0.153. The number of allylic oxidation sites excluding steroid dienone is 2. The number of aromatic nitrogens is 4. The highest BCUT2D eigenvalue weighted by atomic mass is 16.3. The Balaban J connectivity index is 1.37. The highest BCUT2D eigenvalue weighted by Gasteiger charge is 2.40. The van der Waals surface area contributed by atoms with Crippen LogP contribution in [0.3, 0.4) is 0 Å². The van der Waals surface area contributed by atoms with E-state index < -0.39 is 0 Å². The van der Waals surface area contributed by atoms with E-state index in [1.165, 1.54) is 12.8 Å². The lowest BCUT2D eigenvalue weighted by Crippen LogP contribution is -2.37. The van der Waals surface area contributed by atoms with Gasteiger partial charge in [0.25, 0.3) is 0 Å². The van der Waals surface area contributed by atoms with Gasteiger partial charge in [-0.05, 0) is 24.0 Å². The van der Waals surface area contributed by atoms with Gasteiger partial charge in [0, 0.05) is 17.2 Å². The first-order valence-electron chi connectivity index (χ1n) is 10.4. The number of aliphatic hydroxyl groups excluding tert-OH is 1. The van der Waals surface area contributed by atoms with Crippen LogP contribution in [0.4, 0.5) is 11.8 Å². The third-order valence-corrected chi connectivity index (χ3v) is 6.37. The molecular weight excluding hydrogens is 376 g/mol. The van der Waals surface area contributed by atoms with Gasteiger partial charge in [-0.25, -0.2) is 4.98 Å². The van der Waals surface area contributed by atoms with Crippen LogP contribution in [0, 0.1) is 0 Å². The number of rotatable bonds is 4. The molecule has 1 fully saturated rings. The van der Waals surface area contributed by atoms with Gasteiger partial charge < -0.3 is 20.7 Å². The van der Waals surface area contributed by atoms with E-state index in [1.807, 2.05) is 42.7 Å². The first-order valence-corrected chi connectivity index (χ1v) is 10.4. The van der Waals surface area contributed by atoms with Gasteiger partial charge >= 0.3 is 0 Å². The van der Waals surface area contributed by atoms with Gasteiger partial charge in [0.05, 0.1) is 12.4 Å². The van der Waals surface area contributed by atoms with Gasteiger partial charge in [-0.1, -0.05) is 55.3 Å². The predicted molar refractivity (Wildman–Crippen MR) is 117 cm³/mol. The maximum atomic E-state index is 10.6. The van der Waals surface area contributed by atoms with E-state index in [2.05, 4.69) is 30.9 Å². The second-order valence-corrected chi connectivity index (χ2v) is 8.10. The van der Waals surface area contributed by atoms with Crippen molar-refractivity contribution in [3.8, 4) is 0 Å². The summed E-state index contributed by atoms with van der Waals surface area (Å²) in [6.45, 7) is 0. The average molecular weight is 398 g/mol. The first-order chi connectivity index (χ1) is 14.7. The van der Waals surface area contributed by atoms with E-state index in [1.54, 1.807) is 0 Å². The molecule has 0 amide bonds. The minimum absolute atomic E-state index is 0.153. The van der Waals surface area contributed by atoms with Gasteiger partial charge in [0.2, 0.25) is 5.95 Å². The monoisotopic (exact) mass is 398 g/mol. The molecule has 3 aliphatic rings. The van der Waals surface area contributed by atoms with E-state index >= 15 is 0 Å². The highest BCUT2D eigenvalue weighted by molar-refractivity contribution is 5.93. The zero-order valence-corrected chi connectivity index (χ0v) is 16.4. The number of hydrogen-bond acceptors (Lipinski definition) is 6. The Hall–Kier alpha value is -3.61. The van der Waals surface area contributed by atoms with Crippen LogP contribution in [0.15, 0.2) is 65.7 Å². The van der Waals surface area contributed by atoms with E-state index in [-0.39, 0.29) is 12.0 Å². The van der Waals surface area contributed by atoms with Crippen LogP contribution in [0.2, 0.25) is 0 Å². The van der Waals surface area contributed by atoms with Crippen molar-refractivity contribution in [1.29, 1.82) is 0 Å². The molecule has 2 heterocycles. The molecule has 1 unspecified atom stereocenters. The Bertz CT molecular complexity index is 1250. The van der Waals surface area contributed by atoms with Crippen molar-refractivity contribution in [3.63, 3.8) is 0 Å². The Labute approximate surface area is 173 Å². The summed E-state index contributed by atoms with van der Waals surface area (Å²) < 4.78 is 2.14. The summed E-state index contributed by atoms with van der Waals surface area (Å²) in [5.41, 5.74) is 11.3. The van der Waals surface area contributed by atoms with Gasteiger partial charge in [0.1, 0.15) is 5.76 Å². The standard InChI is InChI=1S/C23H22N6O/c24-23-27-21(19-22(28-23)29(12-25-19)14-8-4-5-9-14)26-18-16-11-10-15(17(18)20(16)30)13-6-2-1-3-7-13/h1-3,6-7,10-12,14,18,30H,4-5,8-9H2,(H3,24,26,27,28). The zero-order chi connectivity index (χ0) is 20.2. The molecule has 150 valence electrons. The highest BCUT2D eigenvalue weighted by Crippen LogP contribution is 2.46. The Morgan fingerprint density at radius 2 is 1.87 bits per heavy atom. The normalized spacial score (nSPS) is 20.9. The van der Waals surface area contributed by atoms with Gasteiger partial charge in [0.15, 0.2) is 17.0 Å². The first kappa shape index (κ1) is 17.3. The summed E-state index contributed by atoms with van der Waals surface area (Å²) in [6, 6.07) is 10.3. The van der Waals surface area contributed by atoms with Crippen LogP contribution in [-0.4, -0.2) is 30.7 Å². The zero-order valence-electron chi connectivity index (χ0n) is 16.4. The average Bonchev–Trinajstić information content (AvgIpc) is 3.44. The number of aliphatic hydroxyl groups is 1. The number of nitrogens with zero attached hydrogens (tertiary/aromatic N) is 4. The predicted octanol–water partition coefficient (Wildman–Crippen LogP) is 4.15. The second-order valence-electron chi connectivity index (χ2n) is 8.10. The third-order valence-electron chi connectivity index (χ3n) is 6.37. The Morgan fingerprint density at radius 1 is 1.07 bits per heavy atom. The molecule has 3 aromatic rings. The van der Waals surface area contributed by atoms with Crippen molar-refractivity contribution in [3.05, 3.63) is 71.3 Å². The summed E-state index contributed by atoms with van der Waals surface area (Å²) in [7, 11) is 0. The number of nitrogens with two attached hydrogens (primary N) is 1. The fraction of sp³-hybridized carbons (Fsp3) is 0.261. The van der Waals surface area contributed by atoms with E-state index in [9.17, 15) is 5.11 Å². The molecule has 2 aromatic heterocycles. The summed E-state index contributed by atoms with van der Waals surface area (Å²) in [6.07, 6.45) is 10.6. The molecule has 2 bridgehead atoms. The maximum absolute atomic E-state index is 10.6. The summed E-state index contributed by atoms with van der Waals surface area (Å²) >= 11 is 0. The molecule has 1 atom stereocenters. The molecule has 0 saturated heterocycles. The SMILES string of the molecule is Nc1nc(NC2c3ccc(-c4ccccc4)c2c3O)c2ncn(C3CCCC3)c2n1. The number of imidazole rings is 1. The second kappa shape index (κ2) is 6.45. The number of benzene rings is 1. The molecule has 4 N–H and O–H groups in total. The van der Waals surface area contributed by atoms with Crippen LogP contribution >= 0.6 is 0 Å². The molecule has 1 aromatic carbocycles. The third kappa shape index (κ3) is 2.48. The molecule has 0 spiro atoms. The van der Waals surface area contributed by atoms with Crippen molar-refractivity contribution >= 4 is 28.5 Å². The largest absolute Gasteiger partial charge is 0.507 e. The number of nitrogens with one attached hydrogen (secondary N) is 1. The maximum Gasteiger partial charge on any atom is 0.224 e. The number of hydrogen-bond donors (Lipinski definition) is 3. The Morgan fingerprint density at radius 3 is 2.63 bits per heavy atom. The quantitative estimate of drug-likeness (QED) is 0.610. The van der Waals surface area contributed by atoms with Crippen LogP contribution in [0.5, 0.6) is 0 Å². The van der Waals surface area contributed by atoms with Crippen LogP contribution < -0.4 is 11.1 Å². The van der Waals surface area contributed by atoms with Gasteiger partial charge in [-0.15, -0.1) is 0 Å². The number of anilines is 2. The van der Waals surface area contributed by atoms with E-state index in [0.29, 0.717) is 23.1 Å². The minimum Gasteiger partial charge on any atom is -0.507 e. The summed E-state index contributed by atoms with van der Waals surface area (Å²) in [4.78, 5) is 13.5.